The summed E-state index contributed by atoms with van der Waals surface area (Å²) in [5, 5.41) is 1.08. The lowest BCUT2D eigenvalue weighted by Gasteiger charge is -2.15. The largest absolute Gasteiger partial charge is 0.394 e. The van der Waals surface area contributed by atoms with Gasteiger partial charge in [0.25, 0.3) is 5.91 Å². The van der Waals surface area contributed by atoms with Gasteiger partial charge in [0.2, 0.25) is 0 Å². The van der Waals surface area contributed by atoms with Crippen molar-refractivity contribution in [2.45, 2.75) is 142 Å². The Morgan fingerprint density at radius 1 is 0.600 bits per heavy atom. The third kappa shape index (κ3) is 14.8. The van der Waals surface area contributed by atoms with E-state index in [4.69, 9.17) is 9.68 Å². The highest BCUT2D eigenvalue weighted by atomic mass is 16.8. The first-order valence-corrected chi connectivity index (χ1v) is 14.1. The topological polar surface area (TPSA) is 93.2 Å². The van der Waals surface area contributed by atoms with Crippen molar-refractivity contribution in [3.05, 3.63) is 0 Å². The number of imide groups is 1. The van der Waals surface area contributed by atoms with Gasteiger partial charge < -0.3 is 9.68 Å². The number of hydrogen-bond acceptors (Lipinski definition) is 6. The lowest BCUT2D eigenvalue weighted by molar-refractivity contribution is -0.185. The molecule has 1 saturated heterocycles. The maximum Gasteiger partial charge on any atom is 0.394 e. The molecule has 1 aliphatic rings. The van der Waals surface area contributed by atoms with Crippen molar-refractivity contribution >= 4 is 23.9 Å². The number of hydroxylamine groups is 4. The number of rotatable bonds is 22. The van der Waals surface area contributed by atoms with Crippen molar-refractivity contribution in [1.29, 1.82) is 0 Å². The van der Waals surface area contributed by atoms with E-state index in [2.05, 4.69) is 13.8 Å². The van der Waals surface area contributed by atoms with Crippen molar-refractivity contribution in [2.24, 2.45) is 0 Å². The summed E-state index contributed by atoms with van der Waals surface area (Å²) >= 11 is 0. The zero-order valence-electron chi connectivity index (χ0n) is 22.2. The van der Waals surface area contributed by atoms with Crippen molar-refractivity contribution in [3.63, 3.8) is 0 Å². The molecule has 35 heavy (non-hydrogen) atoms. The zero-order valence-corrected chi connectivity index (χ0v) is 22.2. The van der Waals surface area contributed by atoms with Crippen LogP contribution in [0.25, 0.3) is 0 Å². The summed E-state index contributed by atoms with van der Waals surface area (Å²) < 4.78 is 0. The Morgan fingerprint density at radius 2 is 0.971 bits per heavy atom. The molecule has 3 amide bonds. The fourth-order valence-electron chi connectivity index (χ4n) is 4.10. The van der Waals surface area contributed by atoms with Crippen LogP contribution in [0.1, 0.15) is 142 Å². The Kier molecular flexibility index (Phi) is 17.8. The summed E-state index contributed by atoms with van der Waals surface area (Å²) in [6.45, 7) is 3.97. The standard InChI is InChI=1S/C27H48N2O6/c1-3-5-7-9-11-13-15-17-19-21-25(31)34-28-23-24(30)29(27(28)33)35-26(32)22-20-18-16-14-12-10-8-6-4-2/h3-23H2,1-2H3. The summed E-state index contributed by atoms with van der Waals surface area (Å²) in [4.78, 5) is 58.4. The molecule has 8 heteroatoms. The first kappa shape index (κ1) is 30.9. The molecule has 1 rings (SSSR count). The van der Waals surface area contributed by atoms with Crippen molar-refractivity contribution in [2.75, 3.05) is 6.54 Å². The van der Waals surface area contributed by atoms with Gasteiger partial charge in [-0.2, -0.15) is 0 Å². The van der Waals surface area contributed by atoms with Gasteiger partial charge in [-0.25, -0.2) is 14.4 Å². The predicted molar refractivity (Wildman–Crippen MR) is 135 cm³/mol. The van der Waals surface area contributed by atoms with Crippen LogP contribution in [0.3, 0.4) is 0 Å². The molecule has 0 aromatic carbocycles. The molecule has 0 saturated carbocycles. The molecule has 0 bridgehead atoms. The molecule has 1 aliphatic heterocycles. The molecule has 0 aromatic heterocycles. The minimum Gasteiger partial charge on any atom is -0.336 e. The van der Waals surface area contributed by atoms with Crippen LogP contribution in [-0.2, 0) is 24.1 Å². The SMILES string of the molecule is CCCCCCCCCCCC(=O)ON1CC(=O)N(OC(=O)CCCCCCCCCCC)C1=O. The number of carbonyl (C=O) groups is 4. The molecule has 0 spiro atoms. The van der Waals surface area contributed by atoms with Crippen LogP contribution in [0.5, 0.6) is 0 Å². The first-order chi connectivity index (χ1) is 17.0. The molecular formula is C27H48N2O6. The average molecular weight is 497 g/mol. The highest BCUT2D eigenvalue weighted by Crippen LogP contribution is 2.16. The van der Waals surface area contributed by atoms with E-state index < -0.39 is 30.4 Å². The molecule has 1 heterocycles. The van der Waals surface area contributed by atoms with Gasteiger partial charge in [-0.05, 0) is 12.8 Å². The number of nitrogens with zero attached hydrogens (tertiary/aromatic N) is 2. The smallest absolute Gasteiger partial charge is 0.336 e. The normalized spacial score (nSPS) is 13.5. The fourth-order valence-corrected chi connectivity index (χ4v) is 4.10. The number of amides is 3. The van der Waals surface area contributed by atoms with Gasteiger partial charge in [0.15, 0.2) is 0 Å². The second kappa shape index (κ2) is 20.1. The second-order valence-corrected chi connectivity index (χ2v) is 9.59. The number of carbonyl (C=O) groups excluding carboxylic acids is 4. The maximum absolute atomic E-state index is 12.3. The van der Waals surface area contributed by atoms with Crippen LogP contribution >= 0.6 is 0 Å². The molecule has 0 unspecified atom stereocenters. The summed E-state index contributed by atoms with van der Waals surface area (Å²) in [5.74, 6) is -1.90. The van der Waals surface area contributed by atoms with Crippen LogP contribution in [0, 0.1) is 0 Å². The van der Waals surface area contributed by atoms with Crippen LogP contribution in [-0.4, -0.2) is 40.5 Å². The highest BCUT2D eigenvalue weighted by molar-refractivity contribution is 6.01. The second-order valence-electron chi connectivity index (χ2n) is 9.59. The van der Waals surface area contributed by atoms with E-state index in [0.717, 1.165) is 38.5 Å². The molecule has 1 fully saturated rings. The fraction of sp³-hybridized carbons (Fsp3) is 0.852. The van der Waals surface area contributed by atoms with Crippen LogP contribution in [0.15, 0.2) is 0 Å². The van der Waals surface area contributed by atoms with Gasteiger partial charge in [-0.15, -0.1) is 5.06 Å². The molecular weight excluding hydrogens is 448 g/mol. The zero-order chi connectivity index (χ0) is 25.7. The summed E-state index contributed by atoms with van der Waals surface area (Å²) in [5.41, 5.74) is 0. The molecule has 0 aromatic rings. The van der Waals surface area contributed by atoms with Gasteiger partial charge in [0.05, 0.1) is 0 Å². The van der Waals surface area contributed by atoms with Gasteiger partial charge in [0, 0.05) is 12.8 Å². The van der Waals surface area contributed by atoms with Crippen LogP contribution < -0.4 is 0 Å². The lowest BCUT2D eigenvalue weighted by Crippen LogP contribution is -2.36. The Hall–Kier alpha value is -2.12. The van der Waals surface area contributed by atoms with E-state index in [-0.39, 0.29) is 12.8 Å². The van der Waals surface area contributed by atoms with Gasteiger partial charge >= 0.3 is 18.0 Å². The maximum atomic E-state index is 12.3. The summed E-state index contributed by atoms with van der Waals surface area (Å²) in [6.07, 6.45) is 20.6. The Balaban J connectivity index is 2.13. The van der Waals surface area contributed by atoms with E-state index >= 15 is 0 Å². The molecule has 202 valence electrons. The lowest BCUT2D eigenvalue weighted by atomic mass is 10.1. The van der Waals surface area contributed by atoms with Gasteiger partial charge in [-0.1, -0.05) is 122 Å². The minimum atomic E-state index is -0.934. The number of urea groups is 1. The third-order valence-electron chi connectivity index (χ3n) is 6.27. The van der Waals surface area contributed by atoms with Crippen molar-refractivity contribution in [1.82, 2.24) is 10.1 Å². The van der Waals surface area contributed by atoms with E-state index in [0.29, 0.717) is 23.0 Å². The summed E-state index contributed by atoms with van der Waals surface area (Å²) in [7, 11) is 0. The quantitative estimate of drug-likeness (QED) is 0.118. The van der Waals surface area contributed by atoms with E-state index in [1.165, 1.54) is 64.2 Å². The predicted octanol–water partition coefficient (Wildman–Crippen LogP) is 7.01. The molecule has 0 aliphatic carbocycles. The third-order valence-corrected chi connectivity index (χ3v) is 6.27. The molecule has 8 nitrogen and oxygen atoms in total. The Morgan fingerprint density at radius 3 is 1.40 bits per heavy atom. The average Bonchev–Trinajstić information content (AvgIpc) is 3.09. The Labute approximate surface area is 212 Å². The van der Waals surface area contributed by atoms with Crippen LogP contribution in [0.4, 0.5) is 4.79 Å². The molecule has 0 radical (unpaired) electrons. The van der Waals surface area contributed by atoms with E-state index in [1.807, 2.05) is 0 Å². The number of hydrogen-bond donors (Lipinski definition) is 0. The summed E-state index contributed by atoms with van der Waals surface area (Å²) in [6, 6.07) is -0.934. The molecule has 0 N–H and O–H groups in total. The Bertz CT molecular complexity index is 625. The van der Waals surface area contributed by atoms with Gasteiger partial charge in [0.1, 0.15) is 6.54 Å². The van der Waals surface area contributed by atoms with Crippen molar-refractivity contribution < 1.29 is 28.9 Å². The van der Waals surface area contributed by atoms with Crippen LogP contribution in [0.2, 0.25) is 0 Å². The van der Waals surface area contributed by atoms with E-state index in [1.54, 1.807) is 0 Å². The first-order valence-electron chi connectivity index (χ1n) is 14.1. The van der Waals surface area contributed by atoms with Gasteiger partial charge in [-0.3, -0.25) is 4.79 Å². The highest BCUT2D eigenvalue weighted by Gasteiger charge is 2.42. The van der Waals surface area contributed by atoms with Crippen molar-refractivity contribution in [3.8, 4) is 0 Å². The monoisotopic (exact) mass is 496 g/mol. The minimum absolute atomic E-state index is 0.144. The molecule has 0 atom stereocenters. The number of unbranched alkanes of at least 4 members (excludes halogenated alkanes) is 16. The van der Waals surface area contributed by atoms with E-state index in [9.17, 15) is 19.2 Å².